The van der Waals surface area contributed by atoms with Gasteiger partial charge in [-0.15, -0.1) is 0 Å². The van der Waals surface area contributed by atoms with Crippen LogP contribution in [0.5, 0.6) is 0 Å². The second kappa shape index (κ2) is 6.48. The van der Waals surface area contributed by atoms with Gasteiger partial charge in [-0.1, -0.05) is 11.6 Å². The molecule has 1 atom stereocenters. The lowest BCUT2D eigenvalue weighted by molar-refractivity contribution is 0.0509. The summed E-state index contributed by atoms with van der Waals surface area (Å²) in [6, 6.07) is 7.77. The summed E-state index contributed by atoms with van der Waals surface area (Å²) in [5.74, 6) is 0. The van der Waals surface area contributed by atoms with Crippen molar-refractivity contribution >= 4 is 34.3 Å². The monoisotopic (exact) mass is 347 g/mol. The Labute approximate surface area is 146 Å². The normalized spacial score (nSPS) is 18.0. The van der Waals surface area contributed by atoms with E-state index in [2.05, 4.69) is 15.2 Å². The Kier molecular flexibility index (Phi) is 4.54. The number of amides is 1. The first-order chi connectivity index (χ1) is 11.3. The van der Waals surface area contributed by atoms with Crippen LogP contribution in [-0.4, -0.2) is 35.8 Å². The van der Waals surface area contributed by atoms with Gasteiger partial charge in [-0.3, -0.25) is 4.98 Å². The topological polar surface area (TPSA) is 54.5 Å². The molecule has 1 aromatic heterocycles. The fourth-order valence-electron chi connectivity index (χ4n) is 2.95. The number of rotatable bonds is 2. The third-order valence-corrected chi connectivity index (χ3v) is 4.17. The smallest absolute Gasteiger partial charge is 0.407 e. The highest BCUT2D eigenvalue weighted by atomic mass is 35.5. The summed E-state index contributed by atoms with van der Waals surface area (Å²) in [5, 5.41) is 4.67. The number of carbonyl (C=O) groups excluding carboxylic acids is 1. The second-order valence-corrected chi connectivity index (χ2v) is 7.51. The largest absolute Gasteiger partial charge is 0.444 e. The number of pyridine rings is 1. The van der Waals surface area contributed by atoms with Crippen molar-refractivity contribution in [3.05, 3.63) is 35.5 Å². The molecule has 24 heavy (non-hydrogen) atoms. The first-order valence-electron chi connectivity index (χ1n) is 8.10. The van der Waals surface area contributed by atoms with Gasteiger partial charge in [-0.2, -0.15) is 0 Å². The molecule has 1 aliphatic rings. The molecule has 3 rings (SSSR count). The summed E-state index contributed by atoms with van der Waals surface area (Å²) in [4.78, 5) is 18.6. The molecule has 1 saturated heterocycles. The van der Waals surface area contributed by atoms with Crippen molar-refractivity contribution in [2.75, 3.05) is 18.0 Å². The average molecular weight is 348 g/mol. The second-order valence-electron chi connectivity index (χ2n) is 7.07. The number of ether oxygens (including phenoxy) is 1. The van der Waals surface area contributed by atoms with E-state index in [0.29, 0.717) is 5.02 Å². The molecular weight excluding hydrogens is 326 g/mol. The van der Waals surface area contributed by atoms with Gasteiger partial charge in [0.2, 0.25) is 0 Å². The lowest BCUT2D eigenvalue weighted by atomic mass is 10.1. The van der Waals surface area contributed by atoms with Crippen LogP contribution in [0.25, 0.3) is 10.9 Å². The van der Waals surface area contributed by atoms with Gasteiger partial charge in [0, 0.05) is 35.4 Å². The van der Waals surface area contributed by atoms with Gasteiger partial charge >= 0.3 is 6.09 Å². The fraction of sp³-hybridized carbons (Fsp3) is 0.444. The van der Waals surface area contributed by atoms with Gasteiger partial charge in [-0.05, 0) is 51.5 Å². The lowest BCUT2D eigenvalue weighted by Crippen LogP contribution is -2.40. The van der Waals surface area contributed by atoms with Crippen LogP contribution in [0.1, 0.15) is 27.2 Å². The van der Waals surface area contributed by atoms with E-state index in [0.717, 1.165) is 36.1 Å². The zero-order chi connectivity index (χ0) is 17.3. The number of benzene rings is 1. The number of hydrogen-bond acceptors (Lipinski definition) is 4. The molecule has 1 N–H and O–H groups in total. The lowest BCUT2D eigenvalue weighted by Gasteiger charge is -2.23. The van der Waals surface area contributed by atoms with E-state index in [1.807, 2.05) is 45.0 Å². The maximum Gasteiger partial charge on any atom is 0.407 e. The Morgan fingerprint density at radius 2 is 2.17 bits per heavy atom. The van der Waals surface area contributed by atoms with E-state index in [9.17, 15) is 4.79 Å². The van der Waals surface area contributed by atoms with Gasteiger partial charge in [-0.25, -0.2) is 4.79 Å². The molecule has 0 radical (unpaired) electrons. The SMILES string of the molecule is CC(C)(C)OC(=O)N[C@H]1CCN(c2ccnc3ccc(Cl)cc23)C1. The zero-order valence-corrected chi connectivity index (χ0v) is 14.9. The average Bonchev–Trinajstić information content (AvgIpc) is 2.92. The molecule has 0 spiro atoms. The van der Waals surface area contributed by atoms with Crippen molar-refractivity contribution in [1.29, 1.82) is 0 Å². The van der Waals surface area contributed by atoms with Gasteiger partial charge in [0.25, 0.3) is 0 Å². The van der Waals surface area contributed by atoms with Crippen LogP contribution in [0.3, 0.4) is 0 Å². The summed E-state index contributed by atoms with van der Waals surface area (Å²) in [6.07, 6.45) is 2.32. The highest BCUT2D eigenvalue weighted by Gasteiger charge is 2.27. The first kappa shape index (κ1) is 16.8. The van der Waals surface area contributed by atoms with Crippen molar-refractivity contribution in [3.8, 4) is 0 Å². The molecule has 1 amide bonds. The van der Waals surface area contributed by atoms with Crippen molar-refractivity contribution in [2.45, 2.75) is 38.8 Å². The minimum Gasteiger partial charge on any atom is -0.444 e. The van der Waals surface area contributed by atoms with Crippen molar-refractivity contribution in [1.82, 2.24) is 10.3 Å². The molecule has 0 aliphatic carbocycles. The Morgan fingerprint density at radius 1 is 1.38 bits per heavy atom. The van der Waals surface area contributed by atoms with Crippen molar-refractivity contribution in [2.24, 2.45) is 0 Å². The van der Waals surface area contributed by atoms with E-state index in [4.69, 9.17) is 16.3 Å². The Morgan fingerprint density at radius 3 is 2.92 bits per heavy atom. The van der Waals surface area contributed by atoms with Crippen LogP contribution >= 0.6 is 11.6 Å². The minimum absolute atomic E-state index is 0.0715. The van der Waals surface area contributed by atoms with Crippen LogP contribution < -0.4 is 10.2 Å². The van der Waals surface area contributed by atoms with E-state index in [1.165, 1.54) is 0 Å². The summed E-state index contributed by atoms with van der Waals surface area (Å²) in [6.45, 7) is 7.19. The Bertz CT molecular complexity index is 758. The number of hydrogen-bond donors (Lipinski definition) is 1. The fourth-order valence-corrected chi connectivity index (χ4v) is 3.12. The number of nitrogens with zero attached hydrogens (tertiary/aromatic N) is 2. The molecule has 2 heterocycles. The maximum atomic E-state index is 11.9. The molecular formula is C18H22ClN3O2. The molecule has 5 nitrogen and oxygen atoms in total. The Balaban J connectivity index is 1.72. The summed E-state index contributed by atoms with van der Waals surface area (Å²) >= 11 is 6.14. The summed E-state index contributed by atoms with van der Waals surface area (Å²) < 4.78 is 5.33. The summed E-state index contributed by atoms with van der Waals surface area (Å²) in [5.41, 5.74) is 1.52. The van der Waals surface area contributed by atoms with Crippen molar-refractivity contribution in [3.63, 3.8) is 0 Å². The van der Waals surface area contributed by atoms with Crippen LogP contribution in [0.15, 0.2) is 30.5 Å². The predicted octanol–water partition coefficient (Wildman–Crippen LogP) is 3.99. The molecule has 1 fully saturated rings. The highest BCUT2D eigenvalue weighted by molar-refractivity contribution is 6.31. The summed E-state index contributed by atoms with van der Waals surface area (Å²) in [7, 11) is 0. The number of halogens is 1. The third kappa shape index (κ3) is 3.90. The molecule has 2 aromatic rings. The third-order valence-electron chi connectivity index (χ3n) is 3.93. The maximum absolute atomic E-state index is 11.9. The standard InChI is InChI=1S/C18H22ClN3O2/c1-18(2,3)24-17(23)21-13-7-9-22(11-13)16-6-8-20-15-5-4-12(19)10-14(15)16/h4-6,8,10,13H,7,9,11H2,1-3H3,(H,21,23)/t13-/m0/s1. The quantitative estimate of drug-likeness (QED) is 0.892. The molecule has 6 heteroatoms. The molecule has 128 valence electrons. The van der Waals surface area contributed by atoms with E-state index < -0.39 is 5.60 Å². The van der Waals surface area contributed by atoms with Crippen LogP contribution in [0.4, 0.5) is 10.5 Å². The number of nitrogens with one attached hydrogen (secondary N) is 1. The van der Waals surface area contributed by atoms with Gasteiger partial charge < -0.3 is 15.0 Å². The van der Waals surface area contributed by atoms with Crippen LogP contribution in [0.2, 0.25) is 5.02 Å². The van der Waals surface area contributed by atoms with Gasteiger partial charge in [0.1, 0.15) is 5.60 Å². The van der Waals surface area contributed by atoms with Gasteiger partial charge in [0.15, 0.2) is 0 Å². The number of alkyl carbamates (subject to hydrolysis) is 1. The zero-order valence-electron chi connectivity index (χ0n) is 14.2. The number of fused-ring (bicyclic) bond motifs is 1. The van der Waals surface area contributed by atoms with Gasteiger partial charge in [0.05, 0.1) is 11.6 Å². The predicted molar refractivity (Wildman–Crippen MR) is 96.7 cm³/mol. The molecule has 0 bridgehead atoms. The van der Waals surface area contributed by atoms with E-state index in [-0.39, 0.29) is 12.1 Å². The number of aromatic nitrogens is 1. The molecule has 0 saturated carbocycles. The molecule has 1 aliphatic heterocycles. The highest BCUT2D eigenvalue weighted by Crippen LogP contribution is 2.30. The number of carbonyl (C=O) groups is 1. The first-order valence-corrected chi connectivity index (χ1v) is 8.48. The van der Waals surface area contributed by atoms with Crippen molar-refractivity contribution < 1.29 is 9.53 Å². The van der Waals surface area contributed by atoms with Crippen LogP contribution in [0, 0.1) is 0 Å². The van der Waals surface area contributed by atoms with E-state index >= 15 is 0 Å². The van der Waals surface area contributed by atoms with E-state index in [1.54, 1.807) is 6.20 Å². The minimum atomic E-state index is -0.486. The molecule has 1 aromatic carbocycles. The number of anilines is 1. The molecule has 0 unspecified atom stereocenters. The Hall–Kier alpha value is -2.01. The van der Waals surface area contributed by atoms with Crippen LogP contribution in [-0.2, 0) is 4.74 Å².